The monoisotopic (exact) mass is 315 g/mol. The Hall–Kier alpha value is -2.74. The molecule has 1 aliphatic heterocycles. The van der Waals surface area contributed by atoms with Crippen molar-refractivity contribution < 1.29 is 9.13 Å². The van der Waals surface area contributed by atoms with Gasteiger partial charge in [-0.2, -0.15) is 5.10 Å². The highest BCUT2D eigenvalue weighted by Crippen LogP contribution is 2.29. The maximum absolute atomic E-state index is 13.6. The average molecular weight is 315 g/mol. The van der Waals surface area contributed by atoms with Gasteiger partial charge in [-0.05, 0) is 36.6 Å². The molecule has 1 aromatic carbocycles. The molecule has 1 aliphatic rings. The number of aromatic nitrogens is 4. The fourth-order valence-corrected chi connectivity index (χ4v) is 2.68. The minimum absolute atomic E-state index is 0.0116. The Morgan fingerprint density at radius 3 is 2.96 bits per heavy atom. The van der Waals surface area contributed by atoms with Gasteiger partial charge in [0, 0.05) is 11.9 Å². The molecular weight excluding hydrogens is 301 g/mol. The van der Waals surface area contributed by atoms with Crippen LogP contribution in [0.15, 0.2) is 29.1 Å². The van der Waals surface area contributed by atoms with Crippen molar-refractivity contribution in [1.82, 2.24) is 25.5 Å². The lowest BCUT2D eigenvalue weighted by Crippen LogP contribution is -2.20. The molecule has 0 aliphatic carbocycles. The Kier molecular flexibility index (Phi) is 3.30. The second kappa shape index (κ2) is 5.47. The summed E-state index contributed by atoms with van der Waals surface area (Å²) < 4.78 is 19.5. The van der Waals surface area contributed by atoms with Crippen LogP contribution in [0.2, 0.25) is 0 Å². The highest BCUT2D eigenvalue weighted by molar-refractivity contribution is 5.89. The third-order valence-corrected chi connectivity index (χ3v) is 3.80. The molecule has 7 nitrogen and oxygen atoms in total. The summed E-state index contributed by atoms with van der Waals surface area (Å²) in [6.45, 7) is 1.60. The number of hydrogen-bond donors (Lipinski definition) is 3. The lowest BCUT2D eigenvalue weighted by atomic mass is 10.1. The molecule has 3 heterocycles. The van der Waals surface area contributed by atoms with Crippen molar-refractivity contribution in [3.8, 4) is 17.4 Å². The number of benzene rings is 1. The first-order valence-electron chi connectivity index (χ1n) is 7.32. The van der Waals surface area contributed by atoms with Crippen molar-refractivity contribution >= 4 is 10.8 Å². The van der Waals surface area contributed by atoms with Gasteiger partial charge in [-0.1, -0.05) is 6.07 Å². The van der Waals surface area contributed by atoms with Gasteiger partial charge in [-0.3, -0.25) is 4.98 Å². The number of H-pyrrole nitrogens is 2. The molecule has 0 bridgehead atoms. The molecule has 8 heteroatoms. The van der Waals surface area contributed by atoms with Crippen LogP contribution >= 0.6 is 0 Å². The van der Waals surface area contributed by atoms with Crippen LogP contribution in [0.25, 0.3) is 22.3 Å². The quantitative estimate of drug-likeness (QED) is 0.675. The molecule has 0 saturated carbocycles. The number of rotatable bonds is 3. The molecule has 2 aromatic heterocycles. The van der Waals surface area contributed by atoms with Crippen molar-refractivity contribution in [2.75, 3.05) is 13.1 Å². The predicted molar refractivity (Wildman–Crippen MR) is 81.8 cm³/mol. The minimum atomic E-state index is -0.413. The van der Waals surface area contributed by atoms with Crippen LogP contribution in [-0.2, 0) is 0 Å². The molecule has 1 saturated heterocycles. The van der Waals surface area contributed by atoms with Crippen LogP contribution in [0.5, 0.6) is 5.88 Å². The first-order chi connectivity index (χ1) is 11.2. The van der Waals surface area contributed by atoms with E-state index in [2.05, 4.69) is 25.5 Å². The number of pyridine rings is 1. The number of fused-ring (bicyclic) bond motifs is 1. The van der Waals surface area contributed by atoms with Gasteiger partial charge in [0.1, 0.15) is 17.6 Å². The number of hydrogen-bond acceptors (Lipinski definition) is 5. The van der Waals surface area contributed by atoms with Crippen molar-refractivity contribution in [2.45, 2.75) is 12.5 Å². The number of halogens is 1. The summed E-state index contributed by atoms with van der Waals surface area (Å²) in [5, 5.41) is 10.8. The van der Waals surface area contributed by atoms with E-state index in [9.17, 15) is 9.18 Å². The molecule has 1 atom stereocenters. The smallest absolute Gasteiger partial charge is 0.340 e. The van der Waals surface area contributed by atoms with Gasteiger partial charge >= 0.3 is 5.69 Å². The van der Waals surface area contributed by atoms with Crippen LogP contribution in [0, 0.1) is 5.82 Å². The van der Waals surface area contributed by atoms with Gasteiger partial charge in [0.2, 0.25) is 5.88 Å². The van der Waals surface area contributed by atoms with Gasteiger partial charge in [-0.15, -0.1) is 0 Å². The van der Waals surface area contributed by atoms with Crippen molar-refractivity contribution in [3.63, 3.8) is 0 Å². The Bertz CT molecular complexity index is 914. The van der Waals surface area contributed by atoms with E-state index in [-0.39, 0.29) is 11.9 Å². The molecule has 0 amide bonds. The van der Waals surface area contributed by atoms with E-state index in [1.54, 1.807) is 12.1 Å². The number of ether oxygens (including phenoxy) is 1. The largest absolute Gasteiger partial charge is 0.472 e. The van der Waals surface area contributed by atoms with Crippen LogP contribution in [-0.4, -0.2) is 39.4 Å². The minimum Gasteiger partial charge on any atom is -0.472 e. The first kappa shape index (κ1) is 13.9. The lowest BCUT2D eigenvalue weighted by molar-refractivity contribution is 0.217. The number of aromatic amines is 2. The summed E-state index contributed by atoms with van der Waals surface area (Å²) >= 11 is 0. The molecule has 1 fully saturated rings. The molecule has 3 N–H and O–H groups in total. The van der Waals surface area contributed by atoms with Crippen molar-refractivity contribution in [3.05, 3.63) is 40.6 Å². The molecule has 23 heavy (non-hydrogen) atoms. The zero-order valence-corrected chi connectivity index (χ0v) is 12.1. The highest BCUT2D eigenvalue weighted by atomic mass is 19.1. The summed E-state index contributed by atoms with van der Waals surface area (Å²) in [6.07, 6.45) is 0.851. The Balaban J connectivity index is 1.85. The van der Waals surface area contributed by atoms with E-state index in [0.717, 1.165) is 24.9 Å². The van der Waals surface area contributed by atoms with E-state index >= 15 is 0 Å². The normalized spacial score (nSPS) is 17.7. The molecule has 0 spiro atoms. The van der Waals surface area contributed by atoms with Gasteiger partial charge < -0.3 is 10.1 Å². The lowest BCUT2D eigenvalue weighted by Gasteiger charge is -2.14. The fraction of sp³-hybridized carbons (Fsp3) is 0.267. The van der Waals surface area contributed by atoms with Gasteiger partial charge in [0.15, 0.2) is 5.82 Å². The molecule has 1 unspecified atom stereocenters. The molecule has 3 aromatic rings. The van der Waals surface area contributed by atoms with Gasteiger partial charge in [0.25, 0.3) is 0 Å². The van der Waals surface area contributed by atoms with E-state index in [1.165, 1.54) is 12.1 Å². The molecule has 0 radical (unpaired) electrons. The van der Waals surface area contributed by atoms with Crippen LogP contribution in [0.1, 0.15) is 6.42 Å². The average Bonchev–Trinajstić information content (AvgIpc) is 3.19. The third kappa shape index (κ3) is 2.68. The standard InChI is InChI=1S/C15H14FN5O2/c16-9-2-1-8-5-12(13-19-15(22)21-20-13)18-14(11(8)6-9)23-10-3-4-17-7-10/h1-2,5-6,10,17H,3-4,7H2,(H2,19,20,21,22). The zero-order chi connectivity index (χ0) is 15.8. The van der Waals surface area contributed by atoms with Crippen LogP contribution in [0.3, 0.4) is 0 Å². The Morgan fingerprint density at radius 1 is 1.30 bits per heavy atom. The predicted octanol–water partition coefficient (Wildman–Crippen LogP) is 1.19. The maximum atomic E-state index is 13.6. The second-order valence-corrected chi connectivity index (χ2v) is 5.44. The van der Waals surface area contributed by atoms with Crippen molar-refractivity contribution in [1.29, 1.82) is 0 Å². The SMILES string of the molecule is O=c1[nH]nc(-c2cc3ccc(F)cc3c(OC3CCNC3)n2)[nH]1. The van der Waals surface area contributed by atoms with Gasteiger partial charge in [-0.25, -0.2) is 19.3 Å². The fourth-order valence-electron chi connectivity index (χ4n) is 2.68. The van der Waals surface area contributed by atoms with E-state index in [4.69, 9.17) is 4.74 Å². The van der Waals surface area contributed by atoms with Crippen LogP contribution in [0.4, 0.5) is 4.39 Å². The summed E-state index contributed by atoms with van der Waals surface area (Å²) in [7, 11) is 0. The second-order valence-electron chi connectivity index (χ2n) is 5.44. The number of nitrogens with zero attached hydrogens (tertiary/aromatic N) is 2. The maximum Gasteiger partial charge on any atom is 0.340 e. The van der Waals surface area contributed by atoms with E-state index in [0.29, 0.717) is 22.8 Å². The first-order valence-corrected chi connectivity index (χ1v) is 7.32. The Labute approximate surface area is 129 Å². The summed E-state index contributed by atoms with van der Waals surface area (Å²) in [4.78, 5) is 18.2. The summed E-state index contributed by atoms with van der Waals surface area (Å²) in [5.41, 5.74) is 0.0480. The molecule has 118 valence electrons. The van der Waals surface area contributed by atoms with Crippen molar-refractivity contribution in [2.24, 2.45) is 0 Å². The van der Waals surface area contributed by atoms with Crippen LogP contribution < -0.4 is 15.7 Å². The highest BCUT2D eigenvalue weighted by Gasteiger charge is 2.19. The zero-order valence-electron chi connectivity index (χ0n) is 12.1. The molecule has 4 rings (SSSR count). The summed E-state index contributed by atoms with van der Waals surface area (Å²) in [5.74, 6) is 0.305. The van der Waals surface area contributed by atoms with E-state index in [1.807, 2.05) is 0 Å². The number of nitrogens with one attached hydrogen (secondary N) is 3. The summed E-state index contributed by atoms with van der Waals surface area (Å²) in [6, 6.07) is 6.17. The third-order valence-electron chi connectivity index (χ3n) is 3.80. The molecular formula is C15H14FN5O2. The van der Waals surface area contributed by atoms with Gasteiger partial charge in [0.05, 0.1) is 0 Å². The van der Waals surface area contributed by atoms with E-state index < -0.39 is 5.69 Å². The topological polar surface area (TPSA) is 95.7 Å². The Morgan fingerprint density at radius 2 is 2.22 bits per heavy atom.